The molecule has 1 N–H and O–H groups in total. The number of hydrogen-bond donors (Lipinski definition) is 1. The maximum absolute atomic E-state index is 14.3. The van der Waals surface area contributed by atoms with Crippen LogP contribution in [0.15, 0.2) is 71.6 Å². The van der Waals surface area contributed by atoms with Crippen LogP contribution in [0.2, 0.25) is 10.0 Å². The Kier molecular flexibility index (Phi) is 10.6. The normalized spacial score (nSPS) is 14.4. The molecule has 10 heteroatoms. The largest absolute Gasteiger partial charge is 0.352 e. The van der Waals surface area contributed by atoms with Gasteiger partial charge in [0.1, 0.15) is 12.6 Å². The number of sulfonamides is 1. The summed E-state index contributed by atoms with van der Waals surface area (Å²) in [7, 11) is -4.13. The van der Waals surface area contributed by atoms with Crippen molar-refractivity contribution in [3.8, 4) is 0 Å². The van der Waals surface area contributed by atoms with Gasteiger partial charge in [0.05, 0.1) is 10.6 Å². The molecular formula is C32H37Cl2N3O4S. The summed E-state index contributed by atoms with van der Waals surface area (Å²) in [5, 5.41) is 3.91. The van der Waals surface area contributed by atoms with Crippen LogP contribution >= 0.6 is 23.2 Å². The maximum atomic E-state index is 14.3. The second kappa shape index (κ2) is 13.9. The molecule has 0 saturated heterocycles. The van der Waals surface area contributed by atoms with Crippen molar-refractivity contribution in [1.29, 1.82) is 0 Å². The van der Waals surface area contributed by atoms with Crippen LogP contribution in [0.5, 0.6) is 0 Å². The number of nitrogens with zero attached hydrogens (tertiary/aromatic N) is 2. The molecule has 1 aliphatic rings. The number of benzene rings is 3. The molecule has 2 amide bonds. The van der Waals surface area contributed by atoms with Gasteiger partial charge in [-0.15, -0.1) is 0 Å². The molecule has 0 aliphatic heterocycles. The highest BCUT2D eigenvalue weighted by atomic mass is 35.5. The van der Waals surface area contributed by atoms with Crippen molar-refractivity contribution < 1.29 is 18.0 Å². The van der Waals surface area contributed by atoms with Crippen LogP contribution in [0.1, 0.15) is 55.7 Å². The molecule has 7 nitrogen and oxygen atoms in total. The summed E-state index contributed by atoms with van der Waals surface area (Å²) in [6, 6.07) is 17.5. The zero-order chi connectivity index (χ0) is 30.4. The van der Waals surface area contributed by atoms with Gasteiger partial charge in [-0.25, -0.2) is 8.42 Å². The van der Waals surface area contributed by atoms with E-state index in [0.29, 0.717) is 27.7 Å². The van der Waals surface area contributed by atoms with Crippen molar-refractivity contribution in [2.24, 2.45) is 0 Å². The average Bonchev–Trinajstić information content (AvgIpc) is 3.47. The van der Waals surface area contributed by atoms with E-state index in [-0.39, 0.29) is 23.4 Å². The number of amides is 2. The second-order valence-electron chi connectivity index (χ2n) is 10.8. The minimum Gasteiger partial charge on any atom is -0.352 e. The van der Waals surface area contributed by atoms with Gasteiger partial charge in [0.25, 0.3) is 10.0 Å². The van der Waals surface area contributed by atoms with Gasteiger partial charge in [-0.05, 0) is 86.2 Å². The van der Waals surface area contributed by atoms with Crippen LogP contribution < -0.4 is 9.62 Å². The first-order valence-corrected chi connectivity index (χ1v) is 16.4. The van der Waals surface area contributed by atoms with Crippen LogP contribution in [0.25, 0.3) is 0 Å². The van der Waals surface area contributed by atoms with Crippen LogP contribution in [-0.2, 0) is 26.2 Å². The van der Waals surface area contributed by atoms with Crippen molar-refractivity contribution in [1.82, 2.24) is 10.2 Å². The lowest BCUT2D eigenvalue weighted by molar-refractivity contribution is -0.140. The molecule has 0 bridgehead atoms. The summed E-state index contributed by atoms with van der Waals surface area (Å²) in [5.41, 5.74) is 2.85. The highest BCUT2D eigenvalue weighted by Crippen LogP contribution is 2.28. The molecule has 1 atom stereocenters. The first-order valence-electron chi connectivity index (χ1n) is 14.2. The summed E-state index contributed by atoms with van der Waals surface area (Å²) < 4.78 is 29.1. The number of anilines is 1. The van der Waals surface area contributed by atoms with Gasteiger partial charge in [0.15, 0.2) is 0 Å². The van der Waals surface area contributed by atoms with Crippen molar-refractivity contribution in [2.75, 3.05) is 10.8 Å². The summed E-state index contributed by atoms with van der Waals surface area (Å²) in [6.07, 6.45) is 4.23. The zero-order valence-electron chi connectivity index (χ0n) is 24.1. The van der Waals surface area contributed by atoms with E-state index in [0.717, 1.165) is 41.1 Å². The Balaban J connectivity index is 1.74. The van der Waals surface area contributed by atoms with Crippen molar-refractivity contribution in [3.05, 3.63) is 93.5 Å². The smallest absolute Gasteiger partial charge is 0.264 e. The molecule has 4 rings (SSSR count). The highest BCUT2D eigenvalue weighted by molar-refractivity contribution is 7.92. The van der Waals surface area contributed by atoms with Crippen LogP contribution in [0.3, 0.4) is 0 Å². The quantitative estimate of drug-likeness (QED) is 0.256. The molecule has 1 fully saturated rings. The monoisotopic (exact) mass is 629 g/mol. The Bertz CT molecular complexity index is 1530. The predicted molar refractivity (Wildman–Crippen MR) is 168 cm³/mol. The Morgan fingerprint density at radius 3 is 2.26 bits per heavy atom. The third kappa shape index (κ3) is 7.46. The Morgan fingerprint density at radius 1 is 0.952 bits per heavy atom. The number of halogens is 2. The lowest BCUT2D eigenvalue weighted by atomic mass is 10.1. The number of carbonyl (C=O) groups excluding carboxylic acids is 2. The fourth-order valence-electron chi connectivity index (χ4n) is 5.25. The van der Waals surface area contributed by atoms with Gasteiger partial charge in [0.2, 0.25) is 11.8 Å². The molecule has 3 aromatic carbocycles. The van der Waals surface area contributed by atoms with Gasteiger partial charge in [0, 0.05) is 22.6 Å². The minimum absolute atomic E-state index is 0.0115. The Hall–Kier alpha value is -3.07. The summed E-state index contributed by atoms with van der Waals surface area (Å²) in [6.45, 7) is 5.18. The van der Waals surface area contributed by atoms with Crippen LogP contribution in [-0.4, -0.2) is 43.8 Å². The molecule has 0 unspecified atom stereocenters. The van der Waals surface area contributed by atoms with E-state index in [9.17, 15) is 18.0 Å². The number of nitrogens with one attached hydrogen (secondary N) is 1. The van der Waals surface area contributed by atoms with E-state index >= 15 is 0 Å². The first kappa shape index (κ1) is 31.9. The van der Waals surface area contributed by atoms with E-state index in [4.69, 9.17) is 23.2 Å². The van der Waals surface area contributed by atoms with Crippen molar-refractivity contribution >= 4 is 50.7 Å². The topological polar surface area (TPSA) is 86.8 Å². The third-order valence-electron chi connectivity index (χ3n) is 7.83. The Morgan fingerprint density at radius 2 is 1.64 bits per heavy atom. The molecule has 3 aromatic rings. The molecule has 1 saturated carbocycles. The van der Waals surface area contributed by atoms with E-state index in [1.54, 1.807) is 48.5 Å². The average molecular weight is 631 g/mol. The minimum atomic E-state index is -4.13. The number of carbonyl (C=O) groups is 2. The fourth-order valence-corrected chi connectivity index (χ4v) is 7.14. The molecule has 42 heavy (non-hydrogen) atoms. The van der Waals surface area contributed by atoms with E-state index in [1.807, 2.05) is 26.8 Å². The summed E-state index contributed by atoms with van der Waals surface area (Å²) >= 11 is 12.6. The molecule has 0 spiro atoms. The highest BCUT2D eigenvalue weighted by Gasteiger charge is 2.35. The molecule has 0 aromatic heterocycles. The molecule has 1 aliphatic carbocycles. The molecule has 224 valence electrons. The van der Waals surface area contributed by atoms with Gasteiger partial charge in [-0.1, -0.05) is 73.3 Å². The molecular weight excluding hydrogens is 593 g/mol. The zero-order valence-corrected chi connectivity index (χ0v) is 26.5. The van der Waals surface area contributed by atoms with Crippen LogP contribution in [0, 0.1) is 13.8 Å². The lowest BCUT2D eigenvalue weighted by Crippen LogP contribution is -2.53. The Labute approximate surface area is 258 Å². The van der Waals surface area contributed by atoms with Gasteiger partial charge < -0.3 is 10.2 Å². The second-order valence-corrected chi connectivity index (χ2v) is 13.5. The maximum Gasteiger partial charge on any atom is 0.264 e. The number of rotatable bonds is 11. The lowest BCUT2D eigenvalue weighted by Gasteiger charge is -2.34. The van der Waals surface area contributed by atoms with Gasteiger partial charge in [-0.3, -0.25) is 13.9 Å². The summed E-state index contributed by atoms with van der Waals surface area (Å²) in [5.74, 6) is -0.779. The van der Waals surface area contributed by atoms with Gasteiger partial charge in [-0.2, -0.15) is 0 Å². The molecule has 0 heterocycles. The summed E-state index contributed by atoms with van der Waals surface area (Å²) in [4.78, 5) is 29.3. The fraction of sp³-hybridized carbons (Fsp3) is 0.375. The van der Waals surface area contributed by atoms with Crippen molar-refractivity contribution in [2.45, 2.75) is 76.4 Å². The predicted octanol–water partition coefficient (Wildman–Crippen LogP) is 6.67. The number of hydrogen-bond acceptors (Lipinski definition) is 4. The first-order chi connectivity index (χ1) is 20.0. The standard InChI is InChI=1S/C32H37Cl2N3O4S/c1-4-30(32(39)35-26-10-8-9-11-26)36(20-24-15-16-25(33)19-29(24)34)31(38)21-37(27-17-14-22(2)23(3)18-27)42(40,41)28-12-6-5-7-13-28/h5-7,12-19,26,30H,4,8-11,20-21H2,1-3H3,(H,35,39)/t30-/m1/s1. The molecule has 0 radical (unpaired) electrons. The number of aryl methyl sites for hydroxylation is 2. The third-order valence-corrected chi connectivity index (χ3v) is 10.2. The SMILES string of the molecule is CC[C@H](C(=O)NC1CCCC1)N(Cc1ccc(Cl)cc1Cl)C(=O)CN(c1ccc(C)c(C)c1)S(=O)(=O)c1ccccc1. The van der Waals surface area contributed by atoms with E-state index < -0.39 is 28.5 Å². The van der Waals surface area contributed by atoms with E-state index in [2.05, 4.69) is 5.32 Å². The van der Waals surface area contributed by atoms with Crippen molar-refractivity contribution in [3.63, 3.8) is 0 Å². The van der Waals surface area contributed by atoms with Gasteiger partial charge >= 0.3 is 0 Å². The van der Waals surface area contributed by atoms with Crippen LogP contribution in [0.4, 0.5) is 5.69 Å². The van der Waals surface area contributed by atoms with E-state index in [1.165, 1.54) is 17.0 Å².